The molecular weight excluding hydrogens is 483 g/mol. The highest BCUT2D eigenvalue weighted by Crippen LogP contribution is 2.49. The first-order valence-electron chi connectivity index (χ1n) is 10.3. The first kappa shape index (κ1) is 26.7. The van der Waals surface area contributed by atoms with E-state index < -0.39 is 25.5 Å². The Balaban J connectivity index is 1.80. The second-order valence-electron chi connectivity index (χ2n) is 6.97. The number of hydrogen-bond acceptors (Lipinski definition) is 7. The maximum atomic E-state index is 13.4. The summed E-state index contributed by atoms with van der Waals surface area (Å²) < 4.78 is 25.3. The minimum absolute atomic E-state index is 0.117. The number of hydrogen-bond donors (Lipinski definition) is 3. The van der Waals surface area contributed by atoms with Gasteiger partial charge in [-0.15, -0.1) is 0 Å². The highest BCUT2D eigenvalue weighted by molar-refractivity contribution is 8.23. The van der Waals surface area contributed by atoms with Gasteiger partial charge in [-0.05, 0) is 37.1 Å². The Morgan fingerprint density at radius 3 is 2.06 bits per heavy atom. The summed E-state index contributed by atoms with van der Waals surface area (Å²) >= 11 is 6.35. The molecule has 0 aliphatic rings. The second-order valence-corrected chi connectivity index (χ2v) is 10.7. The molecule has 1 atom stereocenters. The topological polar surface area (TPSA) is 114 Å². The molecule has 11 heteroatoms. The molecule has 33 heavy (non-hydrogen) atoms. The molecule has 1 amide bonds. The third-order valence-corrected chi connectivity index (χ3v) is 7.41. The fraction of sp³-hybridized carbons (Fsp3) is 0.318. The first-order valence-corrected chi connectivity index (χ1v) is 13.4. The summed E-state index contributed by atoms with van der Waals surface area (Å²) in [6.45, 7) is 1.78. The second kappa shape index (κ2) is 13.9. The van der Waals surface area contributed by atoms with Gasteiger partial charge in [-0.1, -0.05) is 60.4 Å². The lowest BCUT2D eigenvalue weighted by Gasteiger charge is -2.20. The molecule has 0 spiro atoms. The predicted octanol–water partition coefficient (Wildman–Crippen LogP) is 4.31. The lowest BCUT2D eigenvalue weighted by atomic mass is 10.3. The van der Waals surface area contributed by atoms with Gasteiger partial charge in [0.25, 0.3) is 0 Å². The highest BCUT2D eigenvalue weighted by Gasteiger charge is 2.27. The normalized spacial score (nSPS) is 11.8. The van der Waals surface area contributed by atoms with Crippen LogP contribution in [0.15, 0.2) is 60.7 Å². The summed E-state index contributed by atoms with van der Waals surface area (Å²) in [7, 11) is -3.45. The fourth-order valence-electron chi connectivity index (χ4n) is 2.64. The summed E-state index contributed by atoms with van der Waals surface area (Å²) in [5, 5.41) is 14.5. The SMILES string of the molecule is CC(=O)N[C@@H](CSC(=S)NCCCCP(=O)(Oc1ccccc1)Oc1ccccc1)C(=O)O. The van der Waals surface area contributed by atoms with Crippen molar-refractivity contribution in [3.63, 3.8) is 0 Å². The highest BCUT2D eigenvalue weighted by atomic mass is 32.2. The predicted molar refractivity (Wildman–Crippen MR) is 134 cm³/mol. The zero-order valence-corrected chi connectivity index (χ0v) is 20.7. The number of amides is 1. The van der Waals surface area contributed by atoms with Crippen molar-refractivity contribution in [3.05, 3.63) is 60.7 Å². The number of unbranched alkanes of at least 4 members (excludes halogenated alkanes) is 1. The molecule has 0 bridgehead atoms. The van der Waals surface area contributed by atoms with Gasteiger partial charge in [0.15, 0.2) is 0 Å². The van der Waals surface area contributed by atoms with E-state index in [2.05, 4.69) is 10.6 Å². The lowest BCUT2D eigenvalue weighted by molar-refractivity contribution is -0.140. The largest absolute Gasteiger partial charge is 0.480 e. The summed E-state index contributed by atoms with van der Waals surface area (Å²) in [6, 6.07) is 16.8. The van der Waals surface area contributed by atoms with Gasteiger partial charge in [0.05, 0.1) is 6.16 Å². The number of thioether (sulfide) groups is 1. The van der Waals surface area contributed by atoms with E-state index in [1.165, 1.54) is 6.92 Å². The Labute approximate surface area is 203 Å². The van der Waals surface area contributed by atoms with E-state index in [9.17, 15) is 14.2 Å². The molecule has 2 aromatic rings. The Morgan fingerprint density at radius 1 is 1.03 bits per heavy atom. The van der Waals surface area contributed by atoms with Crippen LogP contribution in [0.1, 0.15) is 19.8 Å². The van der Waals surface area contributed by atoms with Gasteiger partial charge >= 0.3 is 13.6 Å². The smallest absolute Gasteiger partial charge is 0.430 e. The number of thiocarbonyl (C=S) groups is 1. The van der Waals surface area contributed by atoms with Crippen molar-refractivity contribution in [1.29, 1.82) is 0 Å². The molecule has 0 aliphatic carbocycles. The molecular formula is C22H27N2O6PS2. The zero-order valence-electron chi connectivity index (χ0n) is 18.1. The molecule has 2 rings (SSSR count). The third-order valence-electron chi connectivity index (χ3n) is 4.16. The van der Waals surface area contributed by atoms with E-state index in [4.69, 9.17) is 26.4 Å². The van der Waals surface area contributed by atoms with Crippen LogP contribution in [-0.2, 0) is 14.2 Å². The van der Waals surface area contributed by atoms with Gasteiger partial charge in [0.1, 0.15) is 21.9 Å². The van der Waals surface area contributed by atoms with Crippen LogP contribution in [0.2, 0.25) is 0 Å². The van der Waals surface area contributed by atoms with Gasteiger partial charge in [0, 0.05) is 19.2 Å². The summed E-state index contributed by atoms with van der Waals surface area (Å²) in [5.41, 5.74) is 0. The summed E-state index contributed by atoms with van der Waals surface area (Å²) in [6.07, 6.45) is 1.41. The van der Waals surface area contributed by atoms with Gasteiger partial charge < -0.3 is 24.8 Å². The van der Waals surface area contributed by atoms with Crippen LogP contribution in [0.3, 0.4) is 0 Å². The Kier molecular flexibility index (Phi) is 11.2. The van der Waals surface area contributed by atoms with Crippen molar-refractivity contribution in [2.45, 2.75) is 25.8 Å². The van der Waals surface area contributed by atoms with E-state index in [0.717, 1.165) is 11.8 Å². The van der Waals surface area contributed by atoms with E-state index in [-0.39, 0.29) is 11.9 Å². The molecule has 3 N–H and O–H groups in total. The molecule has 0 heterocycles. The molecule has 0 saturated heterocycles. The summed E-state index contributed by atoms with van der Waals surface area (Å²) in [4.78, 5) is 22.2. The number of carboxylic acid groups (broad SMARTS) is 1. The number of carboxylic acids is 1. The Hall–Kier alpha value is -2.55. The molecule has 2 aromatic carbocycles. The minimum Gasteiger partial charge on any atom is -0.480 e. The molecule has 178 valence electrons. The van der Waals surface area contributed by atoms with Crippen LogP contribution in [0, 0.1) is 0 Å². The number of carbonyl (C=O) groups excluding carboxylic acids is 1. The van der Waals surface area contributed by atoms with Crippen LogP contribution in [0.5, 0.6) is 11.5 Å². The van der Waals surface area contributed by atoms with E-state index >= 15 is 0 Å². The first-order chi connectivity index (χ1) is 15.8. The van der Waals surface area contributed by atoms with Gasteiger partial charge in [0.2, 0.25) is 5.91 Å². The monoisotopic (exact) mass is 510 g/mol. The fourth-order valence-corrected chi connectivity index (χ4v) is 5.42. The average Bonchev–Trinajstić information content (AvgIpc) is 2.77. The summed E-state index contributed by atoms with van der Waals surface area (Å²) in [5.74, 6) is -0.472. The number of rotatable bonds is 13. The molecule has 0 radical (unpaired) electrons. The molecule has 8 nitrogen and oxygen atoms in total. The zero-order chi connectivity index (χ0) is 24.1. The Bertz CT molecular complexity index is 916. The Morgan fingerprint density at radius 2 is 1.58 bits per heavy atom. The van der Waals surface area contributed by atoms with Crippen LogP contribution in [0.4, 0.5) is 0 Å². The van der Waals surface area contributed by atoms with Crippen molar-refractivity contribution in [3.8, 4) is 11.5 Å². The average molecular weight is 511 g/mol. The number of benzene rings is 2. The van der Waals surface area contributed by atoms with E-state index in [0.29, 0.717) is 35.2 Å². The molecule has 0 aliphatic heterocycles. The molecule has 0 unspecified atom stereocenters. The number of carbonyl (C=O) groups is 2. The number of para-hydroxylation sites is 2. The van der Waals surface area contributed by atoms with Crippen LogP contribution in [0.25, 0.3) is 0 Å². The molecule has 0 fully saturated rings. The van der Waals surface area contributed by atoms with Crippen LogP contribution >= 0.6 is 31.6 Å². The van der Waals surface area contributed by atoms with Crippen LogP contribution in [-0.4, -0.2) is 45.8 Å². The maximum Gasteiger partial charge on any atom is 0.430 e. The van der Waals surface area contributed by atoms with Crippen molar-refractivity contribution in [2.75, 3.05) is 18.5 Å². The maximum absolute atomic E-state index is 13.4. The quantitative estimate of drug-likeness (QED) is 0.206. The standard InChI is InChI=1S/C22H27N2O6PS2/c1-17(25)24-20(21(26)27)16-33-22(32)23-14-8-9-15-31(28,29-18-10-4-2-5-11-18)30-19-12-6-3-7-13-19/h2-7,10-13,20H,8-9,14-16H2,1H3,(H,23,32)(H,24,25)(H,26,27)/t20-/m0/s1. The number of aliphatic carboxylic acids is 1. The van der Waals surface area contributed by atoms with Gasteiger partial charge in [-0.25, -0.2) is 9.36 Å². The van der Waals surface area contributed by atoms with E-state index in [1.54, 1.807) is 48.5 Å². The van der Waals surface area contributed by atoms with Gasteiger partial charge in [-0.2, -0.15) is 0 Å². The van der Waals surface area contributed by atoms with Crippen molar-refractivity contribution in [2.24, 2.45) is 0 Å². The van der Waals surface area contributed by atoms with Crippen molar-refractivity contribution in [1.82, 2.24) is 10.6 Å². The molecule has 0 saturated carbocycles. The lowest BCUT2D eigenvalue weighted by Crippen LogP contribution is -2.42. The van der Waals surface area contributed by atoms with E-state index in [1.807, 2.05) is 12.1 Å². The third kappa shape index (κ3) is 10.7. The van der Waals surface area contributed by atoms with Crippen LogP contribution < -0.4 is 19.7 Å². The van der Waals surface area contributed by atoms with Gasteiger partial charge in [-0.3, -0.25) is 4.79 Å². The number of nitrogens with one attached hydrogen (secondary N) is 2. The van der Waals surface area contributed by atoms with Crippen molar-refractivity contribution >= 4 is 47.8 Å². The van der Waals surface area contributed by atoms with Crippen molar-refractivity contribution < 1.29 is 28.3 Å². The minimum atomic E-state index is -3.45. The molecule has 0 aromatic heterocycles.